The minimum absolute atomic E-state index is 0.108. The van der Waals surface area contributed by atoms with Crippen molar-refractivity contribution in [2.75, 3.05) is 11.4 Å². The molecule has 2 N–H and O–H groups in total. The number of amides is 1. The molecule has 3 heterocycles. The maximum atomic E-state index is 11.0. The zero-order chi connectivity index (χ0) is 14.1. The number of hydrogen-bond donors (Lipinski definition) is 1. The standard InChI is InChI=1S/C11H11BrN6O2/c12-6-4-14-11(15-5-6)18-3-1-2-7(18)10-16-9(8(13)19)17-20-10/h4-5,7H,1-3H2,(H2,13,19)/t7-/m0/s1. The van der Waals surface area contributed by atoms with Crippen molar-refractivity contribution in [3.05, 3.63) is 28.6 Å². The summed E-state index contributed by atoms with van der Waals surface area (Å²) >= 11 is 3.30. The number of hydrogen-bond acceptors (Lipinski definition) is 7. The van der Waals surface area contributed by atoms with Crippen LogP contribution in [0.15, 0.2) is 21.4 Å². The molecule has 1 saturated heterocycles. The smallest absolute Gasteiger partial charge is 0.290 e. The molecular formula is C11H11BrN6O2. The van der Waals surface area contributed by atoms with Crippen LogP contribution in [0.2, 0.25) is 0 Å². The van der Waals surface area contributed by atoms with Crippen LogP contribution in [0.5, 0.6) is 0 Å². The second kappa shape index (κ2) is 5.16. The molecule has 20 heavy (non-hydrogen) atoms. The summed E-state index contributed by atoms with van der Waals surface area (Å²) in [7, 11) is 0. The molecule has 2 aromatic heterocycles. The van der Waals surface area contributed by atoms with E-state index in [1.807, 2.05) is 4.90 Å². The number of rotatable bonds is 3. The second-order valence-electron chi connectivity index (χ2n) is 4.37. The maximum absolute atomic E-state index is 11.0. The lowest BCUT2D eigenvalue weighted by molar-refractivity contribution is 0.0987. The summed E-state index contributed by atoms with van der Waals surface area (Å²) in [6.45, 7) is 0.792. The predicted molar refractivity (Wildman–Crippen MR) is 71.9 cm³/mol. The fraction of sp³-hybridized carbons (Fsp3) is 0.364. The molecule has 0 radical (unpaired) electrons. The number of anilines is 1. The quantitative estimate of drug-likeness (QED) is 0.890. The number of aromatic nitrogens is 4. The van der Waals surface area contributed by atoms with Gasteiger partial charge >= 0.3 is 0 Å². The van der Waals surface area contributed by atoms with Crippen molar-refractivity contribution in [3.8, 4) is 0 Å². The van der Waals surface area contributed by atoms with Crippen LogP contribution in [0.25, 0.3) is 0 Å². The Hall–Kier alpha value is -2.03. The molecular weight excluding hydrogens is 328 g/mol. The summed E-state index contributed by atoms with van der Waals surface area (Å²) in [5.41, 5.74) is 5.12. The van der Waals surface area contributed by atoms with Gasteiger partial charge < -0.3 is 15.2 Å². The number of nitrogens with zero attached hydrogens (tertiary/aromatic N) is 5. The lowest BCUT2D eigenvalue weighted by Crippen LogP contribution is -2.25. The van der Waals surface area contributed by atoms with Gasteiger partial charge in [-0.1, -0.05) is 5.16 Å². The summed E-state index contributed by atoms with van der Waals surface area (Å²) in [5.74, 6) is 0.144. The normalized spacial score (nSPS) is 18.4. The van der Waals surface area contributed by atoms with Gasteiger partial charge in [0.05, 0.1) is 4.47 Å². The van der Waals surface area contributed by atoms with E-state index in [1.54, 1.807) is 12.4 Å². The second-order valence-corrected chi connectivity index (χ2v) is 5.29. The van der Waals surface area contributed by atoms with Crippen LogP contribution in [0.4, 0.5) is 5.95 Å². The molecule has 0 bridgehead atoms. The molecule has 8 nitrogen and oxygen atoms in total. The SMILES string of the molecule is NC(=O)c1noc([C@@H]2CCCN2c2ncc(Br)cn2)n1. The molecule has 1 atom stereocenters. The molecule has 0 unspecified atom stereocenters. The zero-order valence-corrected chi connectivity index (χ0v) is 11.9. The first-order valence-electron chi connectivity index (χ1n) is 6.03. The van der Waals surface area contributed by atoms with E-state index in [1.165, 1.54) is 0 Å². The largest absolute Gasteiger partial charge is 0.363 e. The molecule has 104 valence electrons. The van der Waals surface area contributed by atoms with Crippen LogP contribution >= 0.6 is 15.9 Å². The summed E-state index contributed by atoms with van der Waals surface area (Å²) in [5, 5.41) is 3.57. The van der Waals surface area contributed by atoms with E-state index in [9.17, 15) is 4.79 Å². The van der Waals surface area contributed by atoms with Crippen molar-refractivity contribution < 1.29 is 9.32 Å². The number of carbonyl (C=O) groups is 1. The highest BCUT2D eigenvalue weighted by molar-refractivity contribution is 9.10. The molecule has 0 saturated carbocycles. The van der Waals surface area contributed by atoms with E-state index in [2.05, 4.69) is 36.0 Å². The molecule has 2 aromatic rings. The van der Waals surface area contributed by atoms with E-state index in [-0.39, 0.29) is 11.9 Å². The van der Waals surface area contributed by atoms with E-state index in [4.69, 9.17) is 10.3 Å². The van der Waals surface area contributed by atoms with Crippen molar-refractivity contribution in [1.29, 1.82) is 0 Å². The van der Waals surface area contributed by atoms with Gasteiger partial charge in [-0.25, -0.2) is 9.97 Å². The fourth-order valence-electron chi connectivity index (χ4n) is 2.19. The Balaban J connectivity index is 1.88. The average molecular weight is 339 g/mol. The van der Waals surface area contributed by atoms with E-state index in [0.717, 1.165) is 23.9 Å². The van der Waals surface area contributed by atoms with Gasteiger partial charge in [-0.05, 0) is 28.8 Å². The van der Waals surface area contributed by atoms with Crippen LogP contribution < -0.4 is 10.6 Å². The molecule has 0 aliphatic carbocycles. The summed E-state index contributed by atoms with van der Waals surface area (Å²) < 4.78 is 5.93. The third-order valence-corrected chi connectivity index (χ3v) is 3.47. The minimum Gasteiger partial charge on any atom is -0.363 e. The van der Waals surface area contributed by atoms with E-state index in [0.29, 0.717) is 11.8 Å². The highest BCUT2D eigenvalue weighted by atomic mass is 79.9. The number of carbonyl (C=O) groups excluding carboxylic acids is 1. The molecule has 3 rings (SSSR count). The highest BCUT2D eigenvalue weighted by Crippen LogP contribution is 2.33. The first-order valence-corrected chi connectivity index (χ1v) is 6.82. The molecule has 0 aromatic carbocycles. The van der Waals surface area contributed by atoms with Crippen molar-refractivity contribution in [3.63, 3.8) is 0 Å². The molecule has 9 heteroatoms. The maximum Gasteiger partial charge on any atom is 0.290 e. The van der Waals surface area contributed by atoms with Gasteiger partial charge in [-0.2, -0.15) is 4.98 Å². The van der Waals surface area contributed by atoms with Crippen LogP contribution in [0.3, 0.4) is 0 Å². The Bertz CT molecular complexity index is 628. The fourth-order valence-corrected chi connectivity index (χ4v) is 2.39. The van der Waals surface area contributed by atoms with Crippen molar-refractivity contribution in [2.24, 2.45) is 5.73 Å². The lowest BCUT2D eigenvalue weighted by Gasteiger charge is -2.21. The number of halogens is 1. The van der Waals surface area contributed by atoms with Crippen LogP contribution in [0.1, 0.15) is 35.4 Å². The zero-order valence-electron chi connectivity index (χ0n) is 10.4. The molecule has 1 aliphatic rings. The third kappa shape index (κ3) is 2.36. The Morgan fingerprint density at radius 2 is 2.20 bits per heavy atom. The summed E-state index contributed by atoms with van der Waals surface area (Å²) in [6, 6.07) is -0.128. The van der Waals surface area contributed by atoms with Gasteiger partial charge in [0, 0.05) is 18.9 Å². The summed E-state index contributed by atoms with van der Waals surface area (Å²) in [4.78, 5) is 25.5. The molecule has 0 spiro atoms. The Kier molecular flexibility index (Phi) is 3.35. The Labute approximate surface area is 122 Å². The lowest BCUT2D eigenvalue weighted by atomic mass is 10.2. The van der Waals surface area contributed by atoms with E-state index >= 15 is 0 Å². The average Bonchev–Trinajstić information content (AvgIpc) is 3.08. The van der Waals surface area contributed by atoms with Gasteiger partial charge in [0.2, 0.25) is 11.8 Å². The van der Waals surface area contributed by atoms with Crippen molar-refractivity contribution in [2.45, 2.75) is 18.9 Å². The third-order valence-electron chi connectivity index (χ3n) is 3.06. The molecule has 1 fully saturated rings. The van der Waals surface area contributed by atoms with Crippen LogP contribution in [-0.4, -0.2) is 32.6 Å². The van der Waals surface area contributed by atoms with Gasteiger partial charge in [0.25, 0.3) is 11.7 Å². The Morgan fingerprint density at radius 3 is 2.85 bits per heavy atom. The number of primary amides is 1. The van der Waals surface area contributed by atoms with Gasteiger partial charge in [-0.15, -0.1) is 0 Å². The van der Waals surface area contributed by atoms with Gasteiger partial charge in [0.15, 0.2) is 0 Å². The van der Waals surface area contributed by atoms with Gasteiger partial charge in [0.1, 0.15) is 6.04 Å². The monoisotopic (exact) mass is 338 g/mol. The van der Waals surface area contributed by atoms with Crippen molar-refractivity contribution in [1.82, 2.24) is 20.1 Å². The van der Waals surface area contributed by atoms with Crippen molar-refractivity contribution >= 4 is 27.8 Å². The first-order chi connectivity index (χ1) is 9.65. The topological polar surface area (TPSA) is 111 Å². The number of nitrogens with two attached hydrogens (primary N) is 1. The first kappa shape index (κ1) is 13.0. The van der Waals surface area contributed by atoms with E-state index < -0.39 is 5.91 Å². The molecule has 1 amide bonds. The highest BCUT2D eigenvalue weighted by Gasteiger charge is 2.32. The van der Waals surface area contributed by atoms with Gasteiger partial charge in [-0.3, -0.25) is 4.79 Å². The van der Waals surface area contributed by atoms with Crippen LogP contribution in [0, 0.1) is 0 Å². The molecule has 1 aliphatic heterocycles. The predicted octanol–water partition coefficient (Wildman–Crippen LogP) is 1.06. The Morgan fingerprint density at radius 1 is 1.45 bits per heavy atom. The minimum atomic E-state index is -0.704. The summed E-state index contributed by atoms with van der Waals surface area (Å²) in [6.07, 6.45) is 5.15. The van der Waals surface area contributed by atoms with Crippen LogP contribution in [-0.2, 0) is 0 Å².